The third-order valence-corrected chi connectivity index (χ3v) is 4.81. The molecule has 0 saturated heterocycles. The summed E-state index contributed by atoms with van der Waals surface area (Å²) in [7, 11) is 0. The Hall–Kier alpha value is -4.33. The van der Waals surface area contributed by atoms with Crippen LogP contribution in [0.3, 0.4) is 0 Å². The van der Waals surface area contributed by atoms with Crippen molar-refractivity contribution in [3.05, 3.63) is 77.9 Å². The lowest BCUT2D eigenvalue weighted by Gasteiger charge is -2.14. The van der Waals surface area contributed by atoms with E-state index in [0.29, 0.717) is 39.7 Å². The zero-order valence-corrected chi connectivity index (χ0v) is 17.3. The van der Waals surface area contributed by atoms with E-state index in [4.69, 9.17) is 9.47 Å². The number of rotatable bonds is 7. The van der Waals surface area contributed by atoms with Crippen molar-refractivity contribution in [2.24, 2.45) is 0 Å². The average molecular weight is 431 g/mol. The molecule has 4 rings (SSSR count). The normalized spacial score (nSPS) is 11.5. The van der Waals surface area contributed by atoms with Gasteiger partial charge in [0.25, 0.3) is 5.91 Å². The molecular formula is C24H21N3O5. The molecule has 1 aliphatic rings. The van der Waals surface area contributed by atoms with Crippen LogP contribution in [0, 0.1) is 0 Å². The van der Waals surface area contributed by atoms with Gasteiger partial charge in [0, 0.05) is 23.0 Å². The van der Waals surface area contributed by atoms with Crippen LogP contribution >= 0.6 is 0 Å². The fourth-order valence-electron chi connectivity index (χ4n) is 3.26. The molecule has 0 saturated carbocycles. The van der Waals surface area contributed by atoms with Gasteiger partial charge in [-0.2, -0.15) is 0 Å². The molecule has 32 heavy (non-hydrogen) atoms. The highest BCUT2D eigenvalue weighted by Crippen LogP contribution is 2.37. The third-order valence-electron chi connectivity index (χ3n) is 4.81. The van der Waals surface area contributed by atoms with Crippen molar-refractivity contribution in [1.29, 1.82) is 0 Å². The van der Waals surface area contributed by atoms with Gasteiger partial charge >= 0.3 is 0 Å². The van der Waals surface area contributed by atoms with Crippen LogP contribution in [0.2, 0.25) is 0 Å². The first-order chi connectivity index (χ1) is 15.5. The van der Waals surface area contributed by atoms with Crippen LogP contribution in [-0.4, -0.2) is 30.9 Å². The molecule has 0 aromatic heterocycles. The second-order valence-corrected chi connectivity index (χ2v) is 7.07. The molecule has 0 unspecified atom stereocenters. The van der Waals surface area contributed by atoms with E-state index < -0.39 is 0 Å². The summed E-state index contributed by atoms with van der Waals surface area (Å²) in [6, 6.07) is 19.0. The van der Waals surface area contributed by atoms with Gasteiger partial charge in [0.2, 0.25) is 12.7 Å². The van der Waals surface area contributed by atoms with Crippen LogP contribution in [0.4, 0.5) is 17.1 Å². The van der Waals surface area contributed by atoms with E-state index in [1.807, 2.05) is 18.2 Å². The first-order valence-corrected chi connectivity index (χ1v) is 9.95. The summed E-state index contributed by atoms with van der Waals surface area (Å²) in [5.41, 5.74) is 2.22. The van der Waals surface area contributed by atoms with Gasteiger partial charge in [-0.05, 0) is 37.3 Å². The van der Waals surface area contributed by atoms with E-state index in [9.17, 15) is 14.4 Å². The number of anilines is 3. The Bertz CT molecular complexity index is 1180. The summed E-state index contributed by atoms with van der Waals surface area (Å²) in [6.07, 6.45) is 0. The van der Waals surface area contributed by atoms with E-state index in [-0.39, 0.29) is 30.9 Å². The van der Waals surface area contributed by atoms with Gasteiger partial charge in [-0.25, -0.2) is 0 Å². The summed E-state index contributed by atoms with van der Waals surface area (Å²) in [4.78, 5) is 37.3. The standard InChI is InChI=1S/C24H21N3O5/c1-15(28)18-11-21-22(32-14-31-21)12-20(18)25-13-23(29)27-19-10-6-5-9-17(19)24(30)26-16-7-3-2-4-8-16/h2-12,25H,13-14H2,1H3,(H,26,30)(H,27,29). The Labute approximate surface area is 184 Å². The van der Waals surface area contributed by atoms with Gasteiger partial charge in [-0.3, -0.25) is 14.4 Å². The first kappa shape index (κ1) is 20.9. The molecule has 8 heteroatoms. The zero-order chi connectivity index (χ0) is 22.5. The Morgan fingerprint density at radius 3 is 2.25 bits per heavy atom. The molecular weight excluding hydrogens is 410 g/mol. The number of fused-ring (bicyclic) bond motifs is 1. The largest absolute Gasteiger partial charge is 0.454 e. The number of hydrogen-bond donors (Lipinski definition) is 3. The van der Waals surface area contributed by atoms with Crippen LogP contribution in [0.1, 0.15) is 27.6 Å². The van der Waals surface area contributed by atoms with Crippen molar-refractivity contribution in [3.8, 4) is 11.5 Å². The van der Waals surface area contributed by atoms with Gasteiger partial charge in [0.1, 0.15) is 0 Å². The van der Waals surface area contributed by atoms with Gasteiger partial charge in [0.05, 0.1) is 17.8 Å². The summed E-state index contributed by atoms with van der Waals surface area (Å²) >= 11 is 0. The number of amides is 2. The predicted octanol–water partition coefficient (Wildman–Crippen LogP) is 3.92. The number of ketones is 1. The first-order valence-electron chi connectivity index (χ1n) is 9.95. The molecule has 1 aliphatic heterocycles. The molecule has 0 radical (unpaired) electrons. The van der Waals surface area contributed by atoms with Crippen LogP contribution in [0.25, 0.3) is 0 Å². The van der Waals surface area contributed by atoms with Crippen molar-refractivity contribution >= 4 is 34.7 Å². The predicted molar refractivity (Wildman–Crippen MR) is 121 cm³/mol. The number of Topliss-reactive ketones (excluding diaryl/α,β-unsaturated/α-hetero) is 1. The molecule has 3 aromatic rings. The molecule has 0 spiro atoms. The second kappa shape index (κ2) is 9.22. The maximum absolute atomic E-state index is 12.7. The van der Waals surface area contributed by atoms with Gasteiger partial charge in [0.15, 0.2) is 17.3 Å². The maximum atomic E-state index is 12.7. The van der Waals surface area contributed by atoms with Gasteiger partial charge in [-0.1, -0.05) is 30.3 Å². The molecule has 0 aliphatic carbocycles. The van der Waals surface area contributed by atoms with Crippen molar-refractivity contribution in [2.75, 3.05) is 29.3 Å². The van der Waals surface area contributed by atoms with E-state index >= 15 is 0 Å². The molecule has 0 fully saturated rings. The van der Waals surface area contributed by atoms with Crippen molar-refractivity contribution in [3.63, 3.8) is 0 Å². The van der Waals surface area contributed by atoms with Crippen molar-refractivity contribution in [1.82, 2.24) is 0 Å². The highest BCUT2D eigenvalue weighted by molar-refractivity contribution is 6.10. The minimum absolute atomic E-state index is 0.0818. The SMILES string of the molecule is CC(=O)c1cc2c(cc1NCC(=O)Nc1ccccc1C(=O)Nc1ccccc1)OCO2. The van der Waals surface area contributed by atoms with Crippen LogP contribution in [0.15, 0.2) is 66.7 Å². The molecule has 8 nitrogen and oxygen atoms in total. The minimum Gasteiger partial charge on any atom is -0.454 e. The number of carbonyl (C=O) groups excluding carboxylic acids is 3. The third kappa shape index (κ3) is 4.70. The molecule has 1 heterocycles. The summed E-state index contributed by atoms with van der Waals surface area (Å²) < 4.78 is 10.7. The van der Waals surface area contributed by atoms with E-state index in [2.05, 4.69) is 16.0 Å². The number of nitrogens with one attached hydrogen (secondary N) is 3. The lowest BCUT2D eigenvalue weighted by Crippen LogP contribution is -2.24. The Balaban J connectivity index is 1.44. The number of hydrogen-bond acceptors (Lipinski definition) is 6. The van der Waals surface area contributed by atoms with Crippen LogP contribution < -0.4 is 25.4 Å². The maximum Gasteiger partial charge on any atom is 0.257 e. The van der Waals surface area contributed by atoms with Crippen LogP contribution in [0.5, 0.6) is 11.5 Å². The monoisotopic (exact) mass is 431 g/mol. The van der Waals surface area contributed by atoms with Gasteiger partial charge < -0.3 is 25.4 Å². The Kier molecular flexibility index (Phi) is 6.03. The lowest BCUT2D eigenvalue weighted by molar-refractivity contribution is -0.114. The fourth-order valence-corrected chi connectivity index (χ4v) is 3.26. The summed E-state index contributed by atoms with van der Waals surface area (Å²) in [5, 5.41) is 8.51. The van der Waals surface area contributed by atoms with Gasteiger partial charge in [-0.15, -0.1) is 0 Å². The molecule has 3 aromatic carbocycles. The Morgan fingerprint density at radius 1 is 0.812 bits per heavy atom. The topological polar surface area (TPSA) is 106 Å². The number of ether oxygens (including phenoxy) is 2. The summed E-state index contributed by atoms with van der Waals surface area (Å²) in [6.45, 7) is 1.40. The van der Waals surface area contributed by atoms with Crippen molar-refractivity contribution < 1.29 is 23.9 Å². The average Bonchev–Trinajstić information content (AvgIpc) is 3.25. The molecule has 3 N–H and O–H groups in total. The number of carbonyl (C=O) groups is 3. The Morgan fingerprint density at radius 2 is 1.50 bits per heavy atom. The quantitative estimate of drug-likeness (QED) is 0.490. The fraction of sp³-hybridized carbons (Fsp3) is 0.125. The van der Waals surface area contributed by atoms with E-state index in [1.54, 1.807) is 48.5 Å². The summed E-state index contributed by atoms with van der Waals surface area (Å²) in [5.74, 6) is 0.102. The number of benzene rings is 3. The zero-order valence-electron chi connectivity index (χ0n) is 17.3. The van der Waals surface area contributed by atoms with E-state index in [1.165, 1.54) is 6.92 Å². The smallest absolute Gasteiger partial charge is 0.257 e. The minimum atomic E-state index is -0.378. The molecule has 0 atom stereocenters. The highest BCUT2D eigenvalue weighted by Gasteiger charge is 2.20. The van der Waals surface area contributed by atoms with Crippen molar-refractivity contribution in [2.45, 2.75) is 6.92 Å². The van der Waals surface area contributed by atoms with Crippen LogP contribution in [-0.2, 0) is 4.79 Å². The lowest BCUT2D eigenvalue weighted by atomic mass is 10.1. The van der Waals surface area contributed by atoms with E-state index in [0.717, 1.165) is 0 Å². The number of para-hydroxylation sites is 2. The molecule has 2 amide bonds. The second-order valence-electron chi connectivity index (χ2n) is 7.07. The molecule has 0 bridgehead atoms. The highest BCUT2D eigenvalue weighted by atomic mass is 16.7. The molecule has 162 valence electrons.